The Kier molecular flexibility index (Phi) is 48.9. The van der Waals surface area contributed by atoms with Crippen LogP contribution in [0.25, 0.3) is 0 Å². The number of rotatable bonds is 47. The quantitative estimate of drug-likeness (QED) is 0.0262. The number of ether oxygens (including phenoxy) is 3. The summed E-state index contributed by atoms with van der Waals surface area (Å²) in [5, 5.41) is 0. The molecule has 0 aliphatic heterocycles. The summed E-state index contributed by atoms with van der Waals surface area (Å²) in [6, 6.07) is 0. The summed E-state index contributed by atoms with van der Waals surface area (Å²) in [5.74, 6) is -0.966. The molecule has 0 aromatic carbocycles. The van der Waals surface area contributed by atoms with E-state index in [2.05, 4.69) is 93.7 Å². The van der Waals surface area contributed by atoms with E-state index >= 15 is 0 Å². The largest absolute Gasteiger partial charge is 0.462 e. The van der Waals surface area contributed by atoms with Gasteiger partial charge in [0.2, 0.25) is 0 Å². The highest BCUT2D eigenvalue weighted by Crippen LogP contribution is 2.15. The number of allylic oxidation sites excluding steroid dienone is 12. The van der Waals surface area contributed by atoms with Crippen LogP contribution in [0.3, 0.4) is 0 Å². The molecule has 63 heavy (non-hydrogen) atoms. The van der Waals surface area contributed by atoms with Crippen LogP contribution in [0.4, 0.5) is 0 Å². The molecule has 0 fully saturated rings. The molecule has 0 aromatic heterocycles. The Hall–Kier alpha value is -3.15. The van der Waals surface area contributed by atoms with E-state index in [9.17, 15) is 14.4 Å². The van der Waals surface area contributed by atoms with Gasteiger partial charge in [-0.05, 0) is 83.5 Å². The van der Waals surface area contributed by atoms with Crippen molar-refractivity contribution in [1.82, 2.24) is 0 Å². The summed E-state index contributed by atoms with van der Waals surface area (Å²) in [6.45, 7) is 6.52. The van der Waals surface area contributed by atoms with E-state index in [0.717, 1.165) is 89.9 Å². The van der Waals surface area contributed by atoms with Crippen LogP contribution < -0.4 is 0 Å². The molecule has 0 spiro atoms. The fraction of sp³-hybridized carbons (Fsp3) is 0.737. The molecule has 0 bridgehead atoms. The predicted molar refractivity (Wildman–Crippen MR) is 270 cm³/mol. The first kappa shape index (κ1) is 59.9. The molecule has 0 unspecified atom stereocenters. The Bertz CT molecular complexity index is 1190. The molecule has 0 amide bonds. The highest BCUT2D eigenvalue weighted by atomic mass is 16.6. The van der Waals surface area contributed by atoms with Gasteiger partial charge in [0, 0.05) is 19.3 Å². The minimum Gasteiger partial charge on any atom is -0.462 e. The summed E-state index contributed by atoms with van der Waals surface area (Å²) in [5.41, 5.74) is 0. The van der Waals surface area contributed by atoms with E-state index in [1.54, 1.807) is 0 Å². The zero-order chi connectivity index (χ0) is 45.8. The van der Waals surface area contributed by atoms with Gasteiger partial charge in [0.05, 0.1) is 0 Å². The van der Waals surface area contributed by atoms with E-state index in [1.165, 1.54) is 116 Å². The minimum absolute atomic E-state index is 0.0965. The maximum absolute atomic E-state index is 12.8. The Morgan fingerprint density at radius 2 is 0.603 bits per heavy atom. The van der Waals surface area contributed by atoms with Crippen LogP contribution in [0.1, 0.15) is 252 Å². The van der Waals surface area contributed by atoms with Crippen LogP contribution in [-0.2, 0) is 28.6 Å². The first-order valence-corrected chi connectivity index (χ1v) is 26.4. The summed E-state index contributed by atoms with van der Waals surface area (Å²) in [7, 11) is 0. The van der Waals surface area contributed by atoms with E-state index in [4.69, 9.17) is 14.2 Å². The van der Waals surface area contributed by atoms with Gasteiger partial charge in [-0.25, -0.2) is 0 Å². The second-order valence-corrected chi connectivity index (χ2v) is 17.4. The maximum atomic E-state index is 12.8. The zero-order valence-electron chi connectivity index (χ0n) is 41.3. The Balaban J connectivity index is 4.48. The van der Waals surface area contributed by atoms with E-state index in [0.29, 0.717) is 19.3 Å². The number of carbonyl (C=O) groups excluding carboxylic acids is 3. The lowest BCUT2D eigenvalue weighted by molar-refractivity contribution is -0.167. The van der Waals surface area contributed by atoms with Crippen molar-refractivity contribution in [2.45, 2.75) is 258 Å². The van der Waals surface area contributed by atoms with Gasteiger partial charge in [-0.2, -0.15) is 0 Å². The van der Waals surface area contributed by atoms with Crippen LogP contribution in [-0.4, -0.2) is 37.2 Å². The molecule has 0 aliphatic rings. The monoisotopic (exact) mass is 879 g/mol. The third-order valence-electron chi connectivity index (χ3n) is 11.2. The van der Waals surface area contributed by atoms with Gasteiger partial charge >= 0.3 is 17.9 Å². The smallest absolute Gasteiger partial charge is 0.306 e. The average molecular weight is 879 g/mol. The highest BCUT2D eigenvalue weighted by Gasteiger charge is 2.19. The zero-order valence-corrected chi connectivity index (χ0v) is 41.3. The van der Waals surface area contributed by atoms with Crippen LogP contribution in [0.15, 0.2) is 72.9 Å². The molecule has 0 aromatic rings. The lowest BCUT2D eigenvalue weighted by atomic mass is 10.0. The van der Waals surface area contributed by atoms with Gasteiger partial charge in [-0.15, -0.1) is 0 Å². The van der Waals surface area contributed by atoms with Crippen molar-refractivity contribution in [3.63, 3.8) is 0 Å². The van der Waals surface area contributed by atoms with Crippen molar-refractivity contribution < 1.29 is 28.6 Å². The maximum Gasteiger partial charge on any atom is 0.306 e. The molecule has 0 saturated carbocycles. The highest BCUT2D eigenvalue weighted by molar-refractivity contribution is 5.71. The van der Waals surface area contributed by atoms with Gasteiger partial charge in [0.1, 0.15) is 13.2 Å². The van der Waals surface area contributed by atoms with Crippen molar-refractivity contribution in [3.05, 3.63) is 72.9 Å². The Morgan fingerprint density at radius 1 is 0.317 bits per heavy atom. The molecular weight excluding hydrogens is 781 g/mol. The first-order chi connectivity index (χ1) is 31.0. The fourth-order valence-corrected chi connectivity index (χ4v) is 7.16. The van der Waals surface area contributed by atoms with Gasteiger partial charge in [-0.1, -0.05) is 222 Å². The molecule has 6 nitrogen and oxygen atoms in total. The predicted octanol–water partition coefficient (Wildman–Crippen LogP) is 17.4. The lowest BCUT2D eigenvalue weighted by Gasteiger charge is -2.18. The van der Waals surface area contributed by atoms with Crippen molar-refractivity contribution in [1.29, 1.82) is 0 Å². The molecular formula is C57H98O6. The fourth-order valence-electron chi connectivity index (χ4n) is 7.16. The van der Waals surface area contributed by atoms with Crippen molar-refractivity contribution in [3.8, 4) is 0 Å². The molecule has 362 valence electrons. The van der Waals surface area contributed by atoms with Gasteiger partial charge in [0.25, 0.3) is 0 Å². The number of hydrogen-bond acceptors (Lipinski definition) is 6. The number of carbonyl (C=O) groups is 3. The van der Waals surface area contributed by atoms with Crippen LogP contribution in [0.5, 0.6) is 0 Å². The van der Waals surface area contributed by atoms with E-state index in [-0.39, 0.29) is 37.5 Å². The number of unbranched alkanes of at least 4 members (excludes halogenated alkanes) is 24. The molecule has 0 rings (SSSR count). The van der Waals surface area contributed by atoms with Gasteiger partial charge < -0.3 is 14.2 Å². The summed E-state index contributed by atoms with van der Waals surface area (Å²) in [4.78, 5) is 38.0. The first-order valence-electron chi connectivity index (χ1n) is 26.4. The SMILES string of the molecule is CCCC/C=C/C/C=C/CCCCCCCC(=O)O[C@@H](COC(=O)CCC/C=C/C/C=C/C/C=C/C/C=C/CCCCC)COC(=O)CCCCCCCCCCCCCCCC. The normalized spacial score (nSPS) is 12.6. The number of hydrogen-bond donors (Lipinski definition) is 0. The standard InChI is InChI=1S/C57H98O6/c1-4-7-10-13-16-19-22-25-28-29-30-33-35-38-41-44-47-50-56(59)62-53-54(63-57(60)51-48-45-42-39-36-32-27-24-21-18-15-12-9-6-3)52-61-55(58)49-46-43-40-37-34-31-26-23-20-17-14-11-8-5-2/h15-16,18-19,24-25,27-28,30,33,38,41,54H,4-14,17,20-23,26,29,31-32,34-37,39-40,42-53H2,1-3H3/b18-15+,19-16+,27-24+,28-25+,33-30+,41-38+/t54-/m1/s1. The van der Waals surface area contributed by atoms with Crippen molar-refractivity contribution >= 4 is 17.9 Å². The topological polar surface area (TPSA) is 78.9 Å². The van der Waals surface area contributed by atoms with Crippen molar-refractivity contribution in [2.75, 3.05) is 13.2 Å². The number of esters is 3. The summed E-state index contributed by atoms with van der Waals surface area (Å²) < 4.78 is 16.8. The molecule has 0 heterocycles. The third kappa shape index (κ3) is 49.7. The van der Waals surface area contributed by atoms with Crippen molar-refractivity contribution in [2.24, 2.45) is 0 Å². The molecule has 0 aliphatic carbocycles. The molecule has 0 N–H and O–H groups in total. The van der Waals surface area contributed by atoms with Gasteiger partial charge in [0.15, 0.2) is 6.10 Å². The second kappa shape index (κ2) is 51.5. The van der Waals surface area contributed by atoms with E-state index < -0.39 is 6.10 Å². The van der Waals surface area contributed by atoms with Gasteiger partial charge in [-0.3, -0.25) is 14.4 Å². The Morgan fingerprint density at radius 3 is 1.03 bits per heavy atom. The Labute approximate surface area is 389 Å². The summed E-state index contributed by atoms with van der Waals surface area (Å²) >= 11 is 0. The average Bonchev–Trinajstić information content (AvgIpc) is 3.28. The van der Waals surface area contributed by atoms with Crippen LogP contribution in [0, 0.1) is 0 Å². The van der Waals surface area contributed by atoms with E-state index in [1.807, 2.05) is 0 Å². The molecule has 0 saturated heterocycles. The lowest BCUT2D eigenvalue weighted by Crippen LogP contribution is -2.30. The molecule has 6 heteroatoms. The van der Waals surface area contributed by atoms with Crippen LogP contribution >= 0.6 is 0 Å². The van der Waals surface area contributed by atoms with Crippen LogP contribution in [0.2, 0.25) is 0 Å². The summed E-state index contributed by atoms with van der Waals surface area (Å²) in [6.07, 6.45) is 64.6. The minimum atomic E-state index is -0.802. The second-order valence-electron chi connectivity index (χ2n) is 17.4. The molecule has 1 atom stereocenters. The third-order valence-corrected chi connectivity index (χ3v) is 11.2. The molecule has 0 radical (unpaired) electrons.